The van der Waals surface area contributed by atoms with Crippen LogP contribution in [0.25, 0.3) is 0 Å². The minimum atomic E-state index is -0.547. The number of carbonyl (C=O) groups excluding carboxylic acids is 1. The molecule has 5 nitrogen and oxygen atoms in total. The van der Waals surface area contributed by atoms with Crippen molar-refractivity contribution in [3.8, 4) is 11.5 Å². The van der Waals surface area contributed by atoms with Gasteiger partial charge < -0.3 is 20.5 Å². The monoisotopic (exact) mass is 332 g/mol. The highest BCUT2D eigenvalue weighted by molar-refractivity contribution is 5.94. The number of ether oxygens (including phenoxy) is 2. The summed E-state index contributed by atoms with van der Waals surface area (Å²) in [7, 11) is 2.83. The molecule has 0 saturated heterocycles. The van der Waals surface area contributed by atoms with Crippen molar-refractivity contribution in [3.05, 3.63) is 17.9 Å². The molecule has 124 valence electrons. The van der Waals surface area contributed by atoms with Gasteiger partial charge in [0.1, 0.15) is 5.75 Å². The van der Waals surface area contributed by atoms with E-state index in [9.17, 15) is 9.18 Å². The molecule has 0 aliphatic heterocycles. The summed E-state index contributed by atoms with van der Waals surface area (Å²) in [6.45, 7) is 0. The quantitative estimate of drug-likeness (QED) is 0.889. The lowest BCUT2D eigenvalue weighted by Crippen LogP contribution is -2.34. The van der Waals surface area contributed by atoms with E-state index in [1.54, 1.807) is 0 Å². The molecular formula is C15H22ClFN2O3. The molecular weight excluding hydrogens is 311 g/mol. The normalized spacial score (nSPS) is 20.7. The van der Waals surface area contributed by atoms with Crippen LogP contribution in [0.4, 0.5) is 10.1 Å². The second-order valence-corrected chi connectivity index (χ2v) is 5.30. The highest BCUT2D eigenvalue weighted by atomic mass is 35.5. The van der Waals surface area contributed by atoms with Gasteiger partial charge in [0.05, 0.1) is 19.9 Å². The van der Waals surface area contributed by atoms with E-state index in [2.05, 4.69) is 5.32 Å². The number of nitrogens with two attached hydrogens (primary N) is 1. The first-order valence-electron chi connectivity index (χ1n) is 7.03. The molecule has 2 unspecified atom stereocenters. The van der Waals surface area contributed by atoms with Gasteiger partial charge in [0.15, 0.2) is 11.6 Å². The third-order valence-corrected chi connectivity index (χ3v) is 3.82. The minimum Gasteiger partial charge on any atom is -0.494 e. The minimum absolute atomic E-state index is 0. The van der Waals surface area contributed by atoms with Gasteiger partial charge >= 0.3 is 0 Å². The van der Waals surface area contributed by atoms with E-state index in [0.717, 1.165) is 19.3 Å². The van der Waals surface area contributed by atoms with E-state index in [-0.39, 0.29) is 36.0 Å². The van der Waals surface area contributed by atoms with E-state index in [1.807, 2.05) is 0 Å². The molecule has 1 amide bonds. The van der Waals surface area contributed by atoms with E-state index in [0.29, 0.717) is 17.9 Å². The van der Waals surface area contributed by atoms with Crippen LogP contribution < -0.4 is 20.5 Å². The number of anilines is 1. The number of rotatable bonds is 4. The maximum Gasteiger partial charge on any atom is 0.227 e. The van der Waals surface area contributed by atoms with Crippen molar-refractivity contribution in [1.29, 1.82) is 0 Å². The Bertz CT molecular complexity index is 528. The van der Waals surface area contributed by atoms with Gasteiger partial charge in [-0.25, -0.2) is 4.39 Å². The maximum atomic E-state index is 13.8. The van der Waals surface area contributed by atoms with Gasteiger partial charge in [-0.15, -0.1) is 12.4 Å². The van der Waals surface area contributed by atoms with Crippen molar-refractivity contribution in [2.24, 2.45) is 11.7 Å². The lowest BCUT2D eigenvalue weighted by molar-refractivity contribution is -0.120. The summed E-state index contributed by atoms with van der Waals surface area (Å²) >= 11 is 0. The van der Waals surface area contributed by atoms with E-state index >= 15 is 0 Å². The highest BCUT2D eigenvalue weighted by Gasteiger charge is 2.26. The van der Waals surface area contributed by atoms with Gasteiger partial charge in [-0.2, -0.15) is 0 Å². The largest absolute Gasteiger partial charge is 0.494 e. The van der Waals surface area contributed by atoms with Gasteiger partial charge in [-0.1, -0.05) is 6.42 Å². The molecule has 7 heteroatoms. The van der Waals surface area contributed by atoms with E-state index in [4.69, 9.17) is 15.2 Å². The third kappa shape index (κ3) is 4.24. The molecule has 1 aromatic rings. The predicted octanol–water partition coefficient (Wildman–Crippen LogP) is 2.72. The van der Waals surface area contributed by atoms with Crippen LogP contribution in [-0.4, -0.2) is 26.2 Å². The summed E-state index contributed by atoms with van der Waals surface area (Å²) in [6.07, 6.45) is 3.35. The average Bonchev–Trinajstić information content (AvgIpc) is 2.47. The molecule has 0 spiro atoms. The van der Waals surface area contributed by atoms with E-state index in [1.165, 1.54) is 26.4 Å². The Morgan fingerprint density at radius 2 is 1.95 bits per heavy atom. The molecule has 0 heterocycles. The molecule has 1 saturated carbocycles. The fourth-order valence-corrected chi connectivity index (χ4v) is 2.66. The van der Waals surface area contributed by atoms with Gasteiger partial charge in [0.2, 0.25) is 5.91 Å². The number of nitrogens with one attached hydrogen (secondary N) is 1. The van der Waals surface area contributed by atoms with Crippen LogP contribution in [0.2, 0.25) is 0 Å². The molecule has 1 fully saturated rings. The molecule has 0 radical (unpaired) electrons. The molecule has 1 aromatic carbocycles. The molecule has 1 aliphatic carbocycles. The third-order valence-electron chi connectivity index (χ3n) is 3.82. The summed E-state index contributed by atoms with van der Waals surface area (Å²) in [6, 6.07) is 2.68. The number of benzene rings is 1. The molecule has 2 atom stereocenters. The number of methoxy groups -OCH3 is 2. The first-order valence-corrected chi connectivity index (χ1v) is 7.03. The Balaban J connectivity index is 0.00000242. The SMILES string of the molecule is COc1cc(OC)c(NC(=O)C2CCCC(N)C2)cc1F.Cl. The molecule has 0 bridgehead atoms. The number of carbonyl (C=O) groups is 1. The lowest BCUT2D eigenvalue weighted by atomic mass is 9.85. The Morgan fingerprint density at radius 1 is 1.27 bits per heavy atom. The Hall–Kier alpha value is -1.53. The first kappa shape index (κ1) is 18.5. The first-order chi connectivity index (χ1) is 10.0. The van der Waals surface area contributed by atoms with Crippen molar-refractivity contribution in [3.63, 3.8) is 0 Å². The van der Waals surface area contributed by atoms with Gasteiger partial charge in [0.25, 0.3) is 0 Å². The topological polar surface area (TPSA) is 73.6 Å². The Labute approximate surface area is 135 Å². The lowest BCUT2D eigenvalue weighted by Gasteiger charge is -2.26. The Morgan fingerprint density at radius 3 is 2.55 bits per heavy atom. The fraction of sp³-hybridized carbons (Fsp3) is 0.533. The van der Waals surface area contributed by atoms with Crippen LogP contribution in [0.3, 0.4) is 0 Å². The maximum absolute atomic E-state index is 13.8. The van der Waals surface area contributed by atoms with Gasteiger partial charge in [0, 0.05) is 24.1 Å². The summed E-state index contributed by atoms with van der Waals surface area (Å²) in [5, 5.41) is 2.73. The van der Waals surface area contributed by atoms with Gasteiger partial charge in [-0.05, 0) is 19.3 Å². The zero-order chi connectivity index (χ0) is 15.4. The Kier molecular flexibility index (Phi) is 6.90. The van der Waals surface area contributed by atoms with Crippen LogP contribution in [0.5, 0.6) is 11.5 Å². The van der Waals surface area contributed by atoms with Crippen LogP contribution in [0.15, 0.2) is 12.1 Å². The molecule has 1 aliphatic rings. The average molecular weight is 333 g/mol. The van der Waals surface area contributed by atoms with Crippen molar-refractivity contribution in [2.45, 2.75) is 31.7 Å². The van der Waals surface area contributed by atoms with E-state index < -0.39 is 5.82 Å². The molecule has 0 aromatic heterocycles. The summed E-state index contributed by atoms with van der Waals surface area (Å²) in [4.78, 5) is 12.3. The summed E-state index contributed by atoms with van der Waals surface area (Å²) < 4.78 is 23.8. The van der Waals surface area contributed by atoms with Crippen molar-refractivity contribution >= 4 is 24.0 Å². The van der Waals surface area contributed by atoms with Crippen molar-refractivity contribution in [1.82, 2.24) is 0 Å². The molecule has 22 heavy (non-hydrogen) atoms. The molecule has 3 N–H and O–H groups in total. The van der Waals surface area contributed by atoms with Crippen LogP contribution in [0, 0.1) is 11.7 Å². The second-order valence-electron chi connectivity index (χ2n) is 5.30. The summed E-state index contributed by atoms with van der Waals surface area (Å²) in [5.41, 5.74) is 6.20. The zero-order valence-electron chi connectivity index (χ0n) is 12.7. The predicted molar refractivity (Wildman–Crippen MR) is 85.3 cm³/mol. The van der Waals surface area contributed by atoms with Gasteiger partial charge in [-0.3, -0.25) is 4.79 Å². The number of amides is 1. The second kappa shape index (κ2) is 8.19. The number of hydrogen-bond donors (Lipinski definition) is 2. The van der Waals surface area contributed by atoms with Crippen LogP contribution in [-0.2, 0) is 4.79 Å². The summed E-state index contributed by atoms with van der Waals surface area (Å²) in [5.74, 6) is -0.392. The smallest absolute Gasteiger partial charge is 0.227 e. The number of hydrogen-bond acceptors (Lipinski definition) is 4. The van der Waals surface area contributed by atoms with Crippen LogP contribution in [0.1, 0.15) is 25.7 Å². The zero-order valence-corrected chi connectivity index (χ0v) is 13.5. The van der Waals surface area contributed by atoms with Crippen LogP contribution >= 0.6 is 12.4 Å². The number of halogens is 2. The fourth-order valence-electron chi connectivity index (χ4n) is 2.66. The van der Waals surface area contributed by atoms with Crippen molar-refractivity contribution in [2.75, 3.05) is 19.5 Å². The molecule has 2 rings (SSSR count). The highest BCUT2D eigenvalue weighted by Crippen LogP contribution is 2.33. The van der Waals surface area contributed by atoms with Crippen molar-refractivity contribution < 1.29 is 18.7 Å². The standard InChI is InChI=1S/C15H21FN2O3.ClH/c1-20-13-8-14(21-2)12(7-11(13)16)18-15(19)9-4-3-5-10(17)6-9;/h7-10H,3-6,17H2,1-2H3,(H,18,19);1H.